The van der Waals surface area contributed by atoms with Crippen LogP contribution in [0.15, 0.2) is 103 Å². The van der Waals surface area contributed by atoms with Crippen LogP contribution in [-0.2, 0) is 38.6 Å². The minimum atomic E-state index is -1.03. The van der Waals surface area contributed by atoms with Gasteiger partial charge in [0.2, 0.25) is 17.7 Å². The topological polar surface area (TPSA) is 166 Å². The summed E-state index contributed by atoms with van der Waals surface area (Å²) in [6.45, 7) is 6.14. The number of halogens is 1. The summed E-state index contributed by atoms with van der Waals surface area (Å²) in [5, 5.41) is 12.7. The second-order valence-electron chi connectivity index (χ2n) is 16.6. The van der Waals surface area contributed by atoms with Crippen LogP contribution in [0.3, 0.4) is 0 Å². The summed E-state index contributed by atoms with van der Waals surface area (Å²) in [7, 11) is 0. The minimum absolute atomic E-state index is 0.0541. The molecule has 13 nitrogen and oxygen atoms in total. The van der Waals surface area contributed by atoms with Crippen molar-refractivity contribution in [2.45, 2.75) is 90.4 Å². The average Bonchev–Trinajstić information content (AvgIpc) is 3.30. The van der Waals surface area contributed by atoms with E-state index in [0.29, 0.717) is 90.2 Å². The molecule has 5 heterocycles. The van der Waals surface area contributed by atoms with Gasteiger partial charge in [-0.15, -0.1) is 0 Å². The number of pyridine rings is 1. The van der Waals surface area contributed by atoms with E-state index in [0.717, 1.165) is 22.3 Å². The predicted molar refractivity (Wildman–Crippen MR) is 247 cm³/mol. The van der Waals surface area contributed by atoms with E-state index in [1.165, 1.54) is 0 Å². The fourth-order valence-corrected chi connectivity index (χ4v) is 8.37. The highest BCUT2D eigenvalue weighted by Gasteiger charge is 2.30. The zero-order chi connectivity index (χ0) is 45.7. The van der Waals surface area contributed by atoms with Crippen LogP contribution in [0.5, 0.6) is 28.7 Å². The first-order chi connectivity index (χ1) is 31.5. The molecule has 0 radical (unpaired) electrons. The van der Waals surface area contributed by atoms with Crippen LogP contribution in [0.4, 0.5) is 0 Å². The van der Waals surface area contributed by atoms with Crippen molar-refractivity contribution in [3.05, 3.63) is 142 Å². The Balaban J connectivity index is 1.14. The number of benzene rings is 4. The Kier molecular flexibility index (Phi) is 15.9. The van der Waals surface area contributed by atoms with Crippen LogP contribution in [-0.4, -0.2) is 60.5 Å². The highest BCUT2D eigenvalue weighted by molar-refractivity contribution is 6.32. The molecule has 4 aromatic carbocycles. The van der Waals surface area contributed by atoms with E-state index in [-0.39, 0.29) is 55.7 Å². The third-order valence-electron chi connectivity index (χ3n) is 11.6. The van der Waals surface area contributed by atoms with Crippen molar-refractivity contribution in [3.63, 3.8) is 0 Å². The van der Waals surface area contributed by atoms with Gasteiger partial charge in [-0.05, 0) is 123 Å². The van der Waals surface area contributed by atoms with Crippen molar-refractivity contribution in [3.8, 4) is 28.7 Å². The zero-order valence-electron chi connectivity index (χ0n) is 37.0. The number of nitrogens with one attached hydrogen (secondary N) is 4. The normalized spacial score (nSPS) is 20.1. The van der Waals surface area contributed by atoms with Gasteiger partial charge in [-0.2, -0.15) is 0 Å². The van der Waals surface area contributed by atoms with Gasteiger partial charge in [-0.3, -0.25) is 24.2 Å². The van der Waals surface area contributed by atoms with E-state index in [1.807, 2.05) is 75.4 Å². The molecule has 1 fully saturated rings. The second-order valence-corrected chi connectivity index (χ2v) is 17.0. The lowest BCUT2D eigenvalue weighted by Crippen LogP contribution is -2.52. The van der Waals surface area contributed by atoms with E-state index in [2.05, 4.69) is 26.3 Å². The number of aryl methyl sites for hydroxylation is 2. The first kappa shape index (κ1) is 46.4. The maximum atomic E-state index is 14.1. The fourth-order valence-electron chi connectivity index (χ4n) is 8.26. The van der Waals surface area contributed by atoms with Crippen molar-refractivity contribution in [1.82, 2.24) is 26.3 Å². The predicted octanol–water partition coefficient (Wildman–Crippen LogP) is 7.82. The maximum Gasteiger partial charge on any atom is 0.258 e. The molecule has 10 rings (SSSR count). The molecule has 0 spiro atoms. The number of rotatable bonds is 7. The number of hydrogen-bond acceptors (Lipinski definition) is 9. The largest absolute Gasteiger partial charge is 0.490 e. The highest BCUT2D eigenvalue weighted by Crippen LogP contribution is 2.39. The van der Waals surface area contributed by atoms with Crippen LogP contribution in [0.2, 0.25) is 5.02 Å². The number of carbonyl (C=O) groups is 4. The van der Waals surface area contributed by atoms with E-state index >= 15 is 0 Å². The molecule has 4 bridgehead atoms. The summed E-state index contributed by atoms with van der Waals surface area (Å²) in [4.78, 5) is 59.2. The molecule has 1 saturated carbocycles. The molecule has 5 aliphatic rings. The van der Waals surface area contributed by atoms with Crippen molar-refractivity contribution in [2.75, 3.05) is 19.8 Å². The molecule has 4 amide bonds. The van der Waals surface area contributed by atoms with Gasteiger partial charge in [-0.25, -0.2) is 0 Å². The maximum absolute atomic E-state index is 14.1. The molecule has 340 valence electrons. The minimum Gasteiger partial charge on any atom is -0.490 e. The van der Waals surface area contributed by atoms with Crippen LogP contribution in [0.1, 0.15) is 78.5 Å². The van der Waals surface area contributed by atoms with Crippen LogP contribution < -0.4 is 40.2 Å². The fraction of sp³-hybridized carbons (Fsp3) is 0.353. The molecule has 14 heteroatoms. The Hall–Kier alpha value is -6.60. The number of aromatic nitrogens is 1. The van der Waals surface area contributed by atoms with E-state index in [4.69, 9.17) is 30.5 Å². The van der Waals surface area contributed by atoms with Gasteiger partial charge in [0.25, 0.3) is 5.91 Å². The van der Waals surface area contributed by atoms with Crippen molar-refractivity contribution >= 4 is 35.2 Å². The summed E-state index contributed by atoms with van der Waals surface area (Å²) >= 11 is 6.45. The average molecular weight is 902 g/mol. The molecule has 5 aromatic rings. The SMILES string of the molecule is CCOc1cc(Oc2cc(C)c(Cl)c(C)c2)cc2c1OCC(=O)NC1CCC(CC1)CC(=O)N[C@@H](c1ccccc1)C(=O)N[C@H](Cc1cccnc1)C(=O)NCCc1ccc(cc1)OC2. The van der Waals surface area contributed by atoms with Crippen LogP contribution >= 0.6 is 11.6 Å². The van der Waals surface area contributed by atoms with E-state index < -0.39 is 18.0 Å². The summed E-state index contributed by atoms with van der Waals surface area (Å²) < 4.78 is 25.0. The van der Waals surface area contributed by atoms with Crippen molar-refractivity contribution in [2.24, 2.45) is 5.92 Å². The molecule has 65 heavy (non-hydrogen) atoms. The summed E-state index contributed by atoms with van der Waals surface area (Å²) in [6.07, 6.45) is 6.99. The second kappa shape index (κ2) is 22.3. The molecular weight excluding hydrogens is 846 g/mol. The standard InChI is InChI=1S/C51H56ClN5O8/c1-4-62-44-28-42(65-41-23-32(2)47(52)33(3)24-41)27-38-30-63-40-18-14-34(15-19-40)20-22-54-50(60)43(25-36-9-8-21-53-29-36)56-51(61)48(37-10-6-5-7-11-37)57-45(58)26-35-12-16-39(17-13-35)55-46(59)31-64-49(38)44/h5-11,14-15,18-19,21,23-24,27-29,35,39,43,48H,4,12-13,16-17,20,22,25-26,30-31H2,1-3H3,(H,54,60)(H,55,59)(H,56,61)(H,57,58)/t35?,39?,43-,48+/m1/s1. The van der Waals surface area contributed by atoms with E-state index in [9.17, 15) is 19.2 Å². The summed E-state index contributed by atoms with van der Waals surface area (Å²) in [5.41, 5.74) is 4.67. The summed E-state index contributed by atoms with van der Waals surface area (Å²) in [5.74, 6) is 1.07. The molecule has 0 saturated heterocycles. The molecule has 1 aliphatic carbocycles. The molecule has 1 aromatic heterocycles. The Labute approximate surface area is 384 Å². The summed E-state index contributed by atoms with van der Waals surface area (Å²) in [6, 6.07) is 25.4. The van der Waals surface area contributed by atoms with Gasteiger partial charge in [0, 0.05) is 54.5 Å². The molecule has 4 N–H and O–H groups in total. The Morgan fingerprint density at radius 3 is 2.22 bits per heavy atom. The lowest BCUT2D eigenvalue weighted by atomic mass is 9.84. The van der Waals surface area contributed by atoms with Gasteiger partial charge in [0.05, 0.1) is 6.61 Å². The Bertz CT molecular complexity index is 2400. The third-order valence-corrected chi connectivity index (χ3v) is 12.2. The molecule has 0 unspecified atom stereocenters. The number of hydrogen-bond donors (Lipinski definition) is 4. The highest BCUT2D eigenvalue weighted by atomic mass is 35.5. The Morgan fingerprint density at radius 1 is 0.769 bits per heavy atom. The lowest BCUT2D eigenvalue weighted by Gasteiger charge is -2.29. The first-order valence-electron chi connectivity index (χ1n) is 22.2. The first-order valence-corrected chi connectivity index (χ1v) is 22.6. The number of nitrogens with zero attached hydrogens (tertiary/aromatic N) is 1. The number of carbonyl (C=O) groups excluding carboxylic acids is 4. The van der Waals surface area contributed by atoms with E-state index in [1.54, 1.807) is 48.8 Å². The lowest BCUT2D eigenvalue weighted by molar-refractivity contribution is -0.132. The smallest absolute Gasteiger partial charge is 0.258 e. The number of amides is 4. The van der Waals surface area contributed by atoms with Crippen molar-refractivity contribution < 1.29 is 38.1 Å². The van der Waals surface area contributed by atoms with Gasteiger partial charge in [-0.1, -0.05) is 60.1 Å². The van der Waals surface area contributed by atoms with Gasteiger partial charge < -0.3 is 40.2 Å². The zero-order valence-corrected chi connectivity index (χ0v) is 37.7. The molecule has 2 atom stereocenters. The van der Waals surface area contributed by atoms with Crippen LogP contribution in [0, 0.1) is 19.8 Å². The quantitative estimate of drug-likeness (QED) is 0.127. The van der Waals surface area contributed by atoms with Crippen LogP contribution in [0.25, 0.3) is 0 Å². The van der Waals surface area contributed by atoms with Gasteiger partial charge in [0.15, 0.2) is 18.1 Å². The molecular formula is C51H56ClN5O8. The monoisotopic (exact) mass is 901 g/mol. The van der Waals surface area contributed by atoms with Crippen molar-refractivity contribution in [1.29, 1.82) is 0 Å². The number of ether oxygens (including phenoxy) is 4. The third kappa shape index (κ3) is 13.0. The molecule has 4 aliphatic heterocycles. The Morgan fingerprint density at radius 2 is 1.51 bits per heavy atom. The van der Waals surface area contributed by atoms with Gasteiger partial charge in [0.1, 0.15) is 35.9 Å². The van der Waals surface area contributed by atoms with Gasteiger partial charge >= 0.3 is 0 Å².